The molecular weight excluding hydrogens is 746 g/mol. The quantitative estimate of drug-likeness (QED) is 0.218. The van der Waals surface area contributed by atoms with E-state index < -0.39 is 43.5 Å². The molecule has 6 heteroatoms. The molecule has 0 N–H and O–H groups in total. The van der Waals surface area contributed by atoms with Gasteiger partial charge in [-0.25, -0.2) is 0 Å². The third kappa shape index (κ3) is 6.88. The monoisotopic (exact) mass is 774 g/mol. The second kappa shape index (κ2) is 12.0. The Morgan fingerprint density at radius 1 is 0.679 bits per heavy atom. The molecule has 2 aromatic rings. The summed E-state index contributed by atoms with van der Waals surface area (Å²) in [5, 5.41) is 0. The Balaban J connectivity index is 1.88. The number of ether oxygens (including phenoxy) is 2. The van der Waals surface area contributed by atoms with Crippen molar-refractivity contribution in [3.8, 4) is 0 Å². The fraction of sp³-hybridized carbons (Fsp3) is 0.364. The zero-order valence-electron chi connectivity index (χ0n) is 16.9. The summed E-state index contributed by atoms with van der Waals surface area (Å²) in [6.07, 6.45) is 0. The van der Waals surface area contributed by atoms with E-state index in [0.717, 1.165) is 11.1 Å². The molecule has 0 aliphatic rings. The standard InChI is InChI=1S/C18H16O4.4CH3.2Bi/c19-17(13-15-7-3-1-4-8-15)21-11-12-22-18(20)14-16-9-5-2-6-10-16;;;;;;/h1-10,13-14H,11-12H2;4*1H3;;. The van der Waals surface area contributed by atoms with Crippen LogP contribution in [0.5, 0.6) is 0 Å². The molecule has 2 rings (SSSR count). The molecule has 28 heavy (non-hydrogen) atoms. The van der Waals surface area contributed by atoms with Gasteiger partial charge in [0.15, 0.2) is 0 Å². The minimum absolute atomic E-state index is 0.111. The number of hydrogen-bond donors (Lipinski definition) is 0. The summed E-state index contributed by atoms with van der Waals surface area (Å²) in [6.45, 7) is 0.222. The van der Waals surface area contributed by atoms with Crippen LogP contribution >= 0.6 is 0 Å². The van der Waals surface area contributed by atoms with Crippen LogP contribution in [0, 0.1) is 0 Å². The molecule has 0 aliphatic carbocycles. The van der Waals surface area contributed by atoms with E-state index in [1.54, 1.807) is 0 Å². The van der Waals surface area contributed by atoms with Gasteiger partial charge in [0.1, 0.15) is 0 Å². The van der Waals surface area contributed by atoms with Crippen LogP contribution < -0.4 is 0 Å². The van der Waals surface area contributed by atoms with Gasteiger partial charge >= 0.3 is 185 Å². The van der Waals surface area contributed by atoms with Gasteiger partial charge in [0.2, 0.25) is 0 Å². The molecule has 0 aliphatic heterocycles. The van der Waals surface area contributed by atoms with Crippen LogP contribution in [0.3, 0.4) is 0 Å². The predicted molar refractivity (Wildman–Crippen MR) is 115 cm³/mol. The van der Waals surface area contributed by atoms with Crippen LogP contribution in [0.4, 0.5) is 0 Å². The van der Waals surface area contributed by atoms with Gasteiger partial charge in [0, 0.05) is 0 Å². The Morgan fingerprint density at radius 3 is 1.29 bits per heavy atom. The van der Waals surface area contributed by atoms with E-state index in [2.05, 4.69) is 18.5 Å². The number of rotatable bonds is 9. The Kier molecular flexibility index (Phi) is 10.0. The van der Waals surface area contributed by atoms with Crippen molar-refractivity contribution in [1.82, 2.24) is 0 Å². The number of esters is 2. The molecule has 0 aromatic heterocycles. The summed E-state index contributed by atoms with van der Waals surface area (Å²) in [5.41, 5.74) is 2.06. The SMILES string of the molecule is [CH3][Bi]([CH3])[CH](C(=O)OCCOC(=O)[CH](c1ccccc1)[Bi]([CH3])[CH3])c1ccccc1. The molecule has 2 unspecified atom stereocenters. The molecule has 0 amide bonds. The van der Waals surface area contributed by atoms with E-state index in [9.17, 15) is 9.59 Å². The van der Waals surface area contributed by atoms with Crippen molar-refractivity contribution in [2.75, 3.05) is 13.2 Å². The zero-order valence-corrected chi connectivity index (χ0v) is 23.8. The Labute approximate surface area is 184 Å². The summed E-state index contributed by atoms with van der Waals surface area (Å²) >= 11 is -3.89. The van der Waals surface area contributed by atoms with E-state index in [0.29, 0.717) is 0 Å². The summed E-state index contributed by atoms with van der Waals surface area (Å²) in [4.78, 5) is 25.2. The molecular formula is C22H28Bi2O4. The van der Waals surface area contributed by atoms with Gasteiger partial charge in [-0.3, -0.25) is 0 Å². The van der Waals surface area contributed by atoms with Crippen molar-refractivity contribution < 1.29 is 19.1 Å². The average molecular weight is 774 g/mol. The van der Waals surface area contributed by atoms with Gasteiger partial charge in [0.05, 0.1) is 0 Å². The number of hydrogen-bond acceptors (Lipinski definition) is 4. The van der Waals surface area contributed by atoms with Crippen molar-refractivity contribution in [2.24, 2.45) is 0 Å². The van der Waals surface area contributed by atoms with E-state index in [-0.39, 0.29) is 32.4 Å². The first-order valence-electron chi connectivity index (χ1n) is 9.18. The first kappa shape index (κ1) is 23.4. The molecule has 2 atom stereocenters. The molecule has 0 saturated carbocycles. The molecule has 0 heterocycles. The van der Waals surface area contributed by atoms with Crippen molar-refractivity contribution in [2.45, 2.75) is 25.8 Å². The fourth-order valence-corrected chi connectivity index (χ4v) is 12.8. The van der Waals surface area contributed by atoms with Gasteiger partial charge in [0.25, 0.3) is 0 Å². The van der Waals surface area contributed by atoms with E-state index in [1.807, 2.05) is 60.7 Å². The summed E-state index contributed by atoms with van der Waals surface area (Å²) < 4.78 is 19.5. The molecule has 0 radical (unpaired) electrons. The maximum absolute atomic E-state index is 12.6. The van der Waals surface area contributed by atoms with Crippen molar-refractivity contribution >= 4 is 55.4 Å². The summed E-state index contributed by atoms with van der Waals surface area (Å²) in [7, 11) is 0. The molecule has 0 saturated heterocycles. The Hall–Kier alpha value is -0.854. The fourth-order valence-electron chi connectivity index (χ4n) is 3.00. The Bertz CT molecular complexity index is 682. The third-order valence-corrected chi connectivity index (χ3v) is 16.3. The van der Waals surface area contributed by atoms with Gasteiger partial charge < -0.3 is 0 Å². The molecule has 0 fully saturated rings. The third-order valence-electron chi connectivity index (χ3n) is 4.28. The maximum atomic E-state index is 12.6. The van der Waals surface area contributed by atoms with Crippen molar-refractivity contribution in [1.29, 1.82) is 0 Å². The molecule has 2 aromatic carbocycles. The number of benzene rings is 2. The second-order valence-corrected chi connectivity index (χ2v) is 25.9. The van der Waals surface area contributed by atoms with Gasteiger partial charge in [-0.2, -0.15) is 0 Å². The molecule has 4 nitrogen and oxygen atoms in total. The van der Waals surface area contributed by atoms with Crippen LogP contribution in [-0.4, -0.2) is 68.7 Å². The first-order chi connectivity index (χ1) is 13.4. The zero-order chi connectivity index (χ0) is 20.5. The summed E-state index contributed by atoms with van der Waals surface area (Å²) in [5.74, 6) is -0.375. The minimum atomic E-state index is -1.94. The average Bonchev–Trinajstić information content (AvgIpc) is 2.66. The molecule has 0 bridgehead atoms. The van der Waals surface area contributed by atoms with Crippen LogP contribution in [0.25, 0.3) is 0 Å². The van der Waals surface area contributed by atoms with Crippen LogP contribution in [0.15, 0.2) is 60.7 Å². The number of carbonyl (C=O) groups is 2. The van der Waals surface area contributed by atoms with Crippen molar-refractivity contribution in [3.63, 3.8) is 0 Å². The predicted octanol–water partition coefficient (Wildman–Crippen LogP) is 4.23. The van der Waals surface area contributed by atoms with Gasteiger partial charge in [-0.15, -0.1) is 0 Å². The van der Waals surface area contributed by atoms with Crippen LogP contribution in [0.2, 0.25) is 18.5 Å². The Morgan fingerprint density at radius 2 is 1.00 bits per heavy atom. The van der Waals surface area contributed by atoms with Gasteiger partial charge in [-0.1, -0.05) is 0 Å². The van der Waals surface area contributed by atoms with Crippen LogP contribution in [0.1, 0.15) is 18.4 Å². The van der Waals surface area contributed by atoms with Crippen LogP contribution in [-0.2, 0) is 19.1 Å². The van der Waals surface area contributed by atoms with E-state index in [1.165, 1.54) is 0 Å². The van der Waals surface area contributed by atoms with E-state index in [4.69, 9.17) is 9.47 Å². The molecule has 150 valence electrons. The normalized spacial score (nSPS) is 13.2. The molecule has 0 spiro atoms. The summed E-state index contributed by atoms with van der Waals surface area (Å²) in [6, 6.07) is 19.6. The van der Waals surface area contributed by atoms with Crippen molar-refractivity contribution in [3.05, 3.63) is 71.8 Å². The topological polar surface area (TPSA) is 52.6 Å². The van der Waals surface area contributed by atoms with Gasteiger partial charge in [-0.05, 0) is 0 Å². The first-order valence-corrected chi connectivity index (χ1v) is 27.1. The number of carbonyl (C=O) groups excluding carboxylic acids is 2. The van der Waals surface area contributed by atoms with E-state index >= 15 is 0 Å². The second-order valence-electron chi connectivity index (χ2n) is 6.89.